The smallest absolute Gasteiger partial charge is 0.322 e. The summed E-state index contributed by atoms with van der Waals surface area (Å²) in [5, 5.41) is 1.66. The van der Waals surface area contributed by atoms with Crippen molar-refractivity contribution in [2.45, 2.75) is 0 Å². The van der Waals surface area contributed by atoms with Crippen molar-refractivity contribution < 1.29 is 9.47 Å². The Morgan fingerprint density at radius 2 is 1.40 bits per heavy atom. The van der Waals surface area contributed by atoms with Crippen molar-refractivity contribution in [1.29, 1.82) is 0 Å². The zero-order valence-corrected chi connectivity index (χ0v) is 18.0. The first-order valence-electron chi connectivity index (χ1n) is 8.94. The van der Waals surface area contributed by atoms with Crippen LogP contribution in [-0.2, 0) is 0 Å². The Kier molecular flexibility index (Phi) is 6.09. The maximum Gasteiger partial charge on any atom is 0.322 e. The topological polar surface area (TPSA) is 44.2 Å². The molecular weight excluding hydrogens is 443 g/mol. The average Bonchev–Trinajstić information content (AvgIpc) is 2.75. The van der Waals surface area contributed by atoms with Crippen LogP contribution in [0.1, 0.15) is 0 Å². The fraction of sp³-hybridized carbons (Fsp3) is 0.0435. The molecule has 4 rings (SSSR count). The quantitative estimate of drug-likeness (QED) is 0.310. The summed E-state index contributed by atoms with van der Waals surface area (Å²) in [4.78, 5) is 9.03. The number of benzene rings is 3. The number of methoxy groups -OCH3 is 1. The lowest BCUT2D eigenvalue weighted by atomic mass is 10.0. The molecule has 0 spiro atoms. The Bertz CT molecular complexity index is 1180. The van der Waals surface area contributed by atoms with Crippen LogP contribution in [0.4, 0.5) is 0 Å². The zero-order valence-electron chi connectivity index (χ0n) is 15.8. The summed E-state index contributed by atoms with van der Waals surface area (Å²) in [6.07, 6.45) is 1.70. The minimum atomic E-state index is 0.193. The van der Waals surface area contributed by atoms with Gasteiger partial charge in [0.25, 0.3) is 0 Å². The monoisotopic (exact) mass is 456 g/mol. The molecule has 0 aliphatic heterocycles. The molecule has 0 saturated carbocycles. The third-order valence-corrected chi connectivity index (χ3v) is 5.18. The molecule has 0 aliphatic carbocycles. The van der Waals surface area contributed by atoms with Gasteiger partial charge in [-0.1, -0.05) is 46.9 Å². The van der Waals surface area contributed by atoms with Crippen LogP contribution in [0.3, 0.4) is 0 Å². The maximum atomic E-state index is 6.47. The van der Waals surface area contributed by atoms with Crippen molar-refractivity contribution in [1.82, 2.24) is 9.97 Å². The number of ether oxygens (including phenoxy) is 2. The molecule has 30 heavy (non-hydrogen) atoms. The van der Waals surface area contributed by atoms with E-state index in [0.29, 0.717) is 32.1 Å². The van der Waals surface area contributed by atoms with Gasteiger partial charge in [-0.2, -0.15) is 4.98 Å². The molecule has 0 unspecified atom stereocenters. The molecule has 0 aliphatic rings. The lowest BCUT2D eigenvalue weighted by molar-refractivity contribution is 0.410. The first-order valence-corrected chi connectivity index (χ1v) is 10.1. The summed E-state index contributed by atoms with van der Waals surface area (Å²) < 4.78 is 11.0. The molecule has 0 atom stereocenters. The molecule has 150 valence electrons. The molecule has 0 saturated heterocycles. The fourth-order valence-electron chi connectivity index (χ4n) is 2.89. The molecule has 1 aromatic heterocycles. The van der Waals surface area contributed by atoms with Crippen LogP contribution < -0.4 is 9.47 Å². The first kappa shape index (κ1) is 20.5. The van der Waals surface area contributed by atoms with E-state index in [2.05, 4.69) is 9.97 Å². The van der Waals surface area contributed by atoms with Gasteiger partial charge in [-0.15, -0.1) is 0 Å². The van der Waals surface area contributed by atoms with E-state index in [1.807, 2.05) is 30.3 Å². The lowest BCUT2D eigenvalue weighted by Gasteiger charge is -2.13. The highest BCUT2D eigenvalue weighted by Gasteiger charge is 2.16. The number of hydrogen-bond acceptors (Lipinski definition) is 4. The van der Waals surface area contributed by atoms with Crippen molar-refractivity contribution >= 4 is 34.8 Å². The highest BCUT2D eigenvalue weighted by atomic mass is 35.5. The summed E-state index contributed by atoms with van der Waals surface area (Å²) in [5.41, 5.74) is 3.03. The number of rotatable bonds is 5. The lowest BCUT2D eigenvalue weighted by Crippen LogP contribution is -1.97. The van der Waals surface area contributed by atoms with Crippen LogP contribution >= 0.6 is 34.8 Å². The second kappa shape index (κ2) is 8.92. The Morgan fingerprint density at radius 3 is 2.07 bits per heavy atom. The van der Waals surface area contributed by atoms with Crippen molar-refractivity contribution in [2.75, 3.05) is 7.11 Å². The Morgan fingerprint density at radius 1 is 0.733 bits per heavy atom. The Balaban J connectivity index is 1.79. The van der Waals surface area contributed by atoms with Crippen molar-refractivity contribution in [2.24, 2.45) is 0 Å². The molecule has 1 heterocycles. The predicted octanol–water partition coefficient (Wildman–Crippen LogP) is 7.57. The summed E-state index contributed by atoms with van der Waals surface area (Å²) in [7, 11) is 1.61. The van der Waals surface area contributed by atoms with Crippen LogP contribution in [0.25, 0.3) is 22.4 Å². The average molecular weight is 458 g/mol. The first-order chi connectivity index (χ1) is 14.5. The van der Waals surface area contributed by atoms with Crippen LogP contribution in [0.2, 0.25) is 15.1 Å². The van der Waals surface area contributed by atoms with E-state index < -0.39 is 0 Å². The van der Waals surface area contributed by atoms with Gasteiger partial charge in [-0.05, 0) is 60.2 Å². The maximum absolute atomic E-state index is 6.47. The number of nitrogens with zero attached hydrogens (tertiary/aromatic N) is 2. The molecular formula is C23H15Cl3N2O2. The largest absolute Gasteiger partial charge is 0.497 e. The molecule has 0 fully saturated rings. The van der Waals surface area contributed by atoms with Crippen LogP contribution in [-0.4, -0.2) is 17.1 Å². The van der Waals surface area contributed by atoms with Gasteiger partial charge in [0, 0.05) is 27.4 Å². The van der Waals surface area contributed by atoms with Gasteiger partial charge in [0.2, 0.25) is 0 Å². The normalized spacial score (nSPS) is 10.7. The van der Waals surface area contributed by atoms with E-state index in [1.165, 1.54) is 0 Å². The zero-order chi connectivity index (χ0) is 21.1. The van der Waals surface area contributed by atoms with Crippen LogP contribution in [0.5, 0.6) is 17.5 Å². The Hall–Kier alpha value is -2.79. The SMILES string of the molecule is COc1ccc(Oc2ncc(-c3ccc(Cl)cc3)c(-c3ccc(Cl)cc3Cl)n2)cc1. The van der Waals surface area contributed by atoms with Gasteiger partial charge in [0.1, 0.15) is 11.5 Å². The molecule has 0 amide bonds. The van der Waals surface area contributed by atoms with Gasteiger partial charge in [-0.25, -0.2) is 4.98 Å². The van der Waals surface area contributed by atoms with Crippen molar-refractivity contribution in [3.63, 3.8) is 0 Å². The second-order valence-electron chi connectivity index (χ2n) is 6.32. The fourth-order valence-corrected chi connectivity index (χ4v) is 3.52. The standard InChI is InChI=1S/C23H15Cl3N2O2/c1-29-17-7-9-18(10-8-17)30-23-27-13-20(14-2-4-15(24)5-3-14)22(28-23)19-11-6-16(25)12-21(19)26/h2-13H,1H3. The summed E-state index contributed by atoms with van der Waals surface area (Å²) >= 11 is 18.6. The molecule has 4 aromatic rings. The second-order valence-corrected chi connectivity index (χ2v) is 7.60. The minimum absolute atomic E-state index is 0.193. The summed E-state index contributed by atoms with van der Waals surface area (Å²) in [5.74, 6) is 1.32. The molecule has 7 heteroatoms. The van der Waals surface area contributed by atoms with Gasteiger partial charge in [-0.3, -0.25) is 0 Å². The van der Waals surface area contributed by atoms with Gasteiger partial charge >= 0.3 is 6.01 Å². The van der Waals surface area contributed by atoms with Crippen LogP contribution in [0.15, 0.2) is 72.9 Å². The van der Waals surface area contributed by atoms with Gasteiger partial charge in [0.15, 0.2) is 0 Å². The third-order valence-electron chi connectivity index (χ3n) is 4.38. The minimum Gasteiger partial charge on any atom is -0.497 e. The highest BCUT2D eigenvalue weighted by Crippen LogP contribution is 2.37. The highest BCUT2D eigenvalue weighted by molar-refractivity contribution is 6.36. The van der Waals surface area contributed by atoms with E-state index in [4.69, 9.17) is 44.3 Å². The van der Waals surface area contributed by atoms with Gasteiger partial charge in [0.05, 0.1) is 17.8 Å². The molecule has 3 aromatic carbocycles. The van der Waals surface area contributed by atoms with E-state index in [1.54, 1.807) is 49.7 Å². The number of hydrogen-bond donors (Lipinski definition) is 0. The Labute approximate surface area is 189 Å². The van der Waals surface area contributed by atoms with E-state index in [9.17, 15) is 0 Å². The van der Waals surface area contributed by atoms with E-state index >= 15 is 0 Å². The molecule has 4 nitrogen and oxygen atoms in total. The van der Waals surface area contributed by atoms with E-state index in [0.717, 1.165) is 16.9 Å². The van der Waals surface area contributed by atoms with Gasteiger partial charge < -0.3 is 9.47 Å². The molecule has 0 bridgehead atoms. The van der Waals surface area contributed by atoms with Crippen LogP contribution in [0, 0.1) is 0 Å². The molecule has 0 N–H and O–H groups in total. The van der Waals surface area contributed by atoms with E-state index in [-0.39, 0.29) is 6.01 Å². The van der Waals surface area contributed by atoms with Crippen molar-refractivity contribution in [3.8, 4) is 39.9 Å². The summed E-state index contributed by atoms with van der Waals surface area (Å²) in [6, 6.07) is 20.0. The van der Waals surface area contributed by atoms with Crippen molar-refractivity contribution in [3.05, 3.63) is 88.0 Å². The summed E-state index contributed by atoms with van der Waals surface area (Å²) in [6.45, 7) is 0. The number of aromatic nitrogens is 2. The third kappa shape index (κ3) is 4.51. The number of halogens is 3. The predicted molar refractivity (Wildman–Crippen MR) is 121 cm³/mol. The molecule has 0 radical (unpaired) electrons.